The molecule has 0 bridgehead atoms. The van der Waals surface area contributed by atoms with E-state index in [2.05, 4.69) is 4.98 Å². The lowest BCUT2D eigenvalue weighted by atomic mass is 10.1. The number of benzene rings is 2. The summed E-state index contributed by atoms with van der Waals surface area (Å²) in [7, 11) is 0. The van der Waals surface area contributed by atoms with Gasteiger partial charge in [-0.25, -0.2) is 4.79 Å². The van der Waals surface area contributed by atoms with Crippen LogP contribution in [0.5, 0.6) is 0 Å². The van der Waals surface area contributed by atoms with Gasteiger partial charge in [-0.05, 0) is 49.2 Å². The molecule has 0 aliphatic rings. The van der Waals surface area contributed by atoms with E-state index in [1.54, 1.807) is 16.7 Å². The lowest BCUT2D eigenvalue weighted by Crippen LogP contribution is -2.15. The third kappa shape index (κ3) is 1.73. The van der Waals surface area contributed by atoms with Crippen molar-refractivity contribution in [2.24, 2.45) is 0 Å². The van der Waals surface area contributed by atoms with Crippen molar-refractivity contribution in [2.75, 3.05) is 5.73 Å². The van der Waals surface area contributed by atoms with E-state index in [1.165, 1.54) is 0 Å². The quantitative estimate of drug-likeness (QED) is 0.654. The fourth-order valence-electron chi connectivity index (χ4n) is 2.35. The molecule has 1 heterocycles. The molecule has 0 aliphatic heterocycles. The molecule has 0 atom stereocenters. The Morgan fingerprint density at radius 2 is 1.95 bits per heavy atom. The highest BCUT2D eigenvalue weighted by atomic mass is 16.1. The summed E-state index contributed by atoms with van der Waals surface area (Å²) in [5.74, 6) is 0. The van der Waals surface area contributed by atoms with Gasteiger partial charge in [0.15, 0.2) is 0 Å². The van der Waals surface area contributed by atoms with E-state index in [1.807, 2.05) is 38.1 Å². The van der Waals surface area contributed by atoms with Crippen LogP contribution in [0.4, 0.5) is 5.69 Å². The second-order valence-corrected chi connectivity index (χ2v) is 4.76. The Morgan fingerprint density at radius 3 is 2.74 bits per heavy atom. The van der Waals surface area contributed by atoms with Crippen LogP contribution in [0.1, 0.15) is 11.1 Å². The minimum atomic E-state index is -0.144. The number of aromatic nitrogens is 2. The Balaban J connectivity index is 2.40. The Kier molecular flexibility index (Phi) is 2.45. The number of nitrogen functional groups attached to an aromatic ring is 1. The number of aryl methyl sites for hydroxylation is 1. The van der Waals surface area contributed by atoms with Crippen LogP contribution in [-0.4, -0.2) is 9.55 Å². The highest BCUT2D eigenvalue weighted by molar-refractivity contribution is 5.81. The van der Waals surface area contributed by atoms with Gasteiger partial charge in [-0.15, -0.1) is 0 Å². The van der Waals surface area contributed by atoms with Crippen molar-refractivity contribution in [1.29, 1.82) is 0 Å². The maximum atomic E-state index is 12.2. The number of H-pyrrole nitrogens is 1. The van der Waals surface area contributed by atoms with E-state index in [4.69, 9.17) is 5.73 Å². The Morgan fingerprint density at radius 1 is 1.16 bits per heavy atom. The number of hydrogen-bond donors (Lipinski definition) is 2. The summed E-state index contributed by atoms with van der Waals surface area (Å²) in [6.45, 7) is 4.06. The van der Waals surface area contributed by atoms with Crippen LogP contribution in [0.25, 0.3) is 16.7 Å². The van der Waals surface area contributed by atoms with Gasteiger partial charge in [0, 0.05) is 5.69 Å². The predicted octanol–water partition coefficient (Wildman–Crippen LogP) is 2.52. The van der Waals surface area contributed by atoms with Crippen molar-refractivity contribution in [3.63, 3.8) is 0 Å². The van der Waals surface area contributed by atoms with Gasteiger partial charge in [0.25, 0.3) is 0 Å². The molecule has 19 heavy (non-hydrogen) atoms. The van der Waals surface area contributed by atoms with Crippen LogP contribution in [0.3, 0.4) is 0 Å². The minimum Gasteiger partial charge on any atom is -0.399 e. The van der Waals surface area contributed by atoms with Gasteiger partial charge in [-0.3, -0.25) is 4.57 Å². The number of hydrogen-bond acceptors (Lipinski definition) is 2. The SMILES string of the molecule is Cc1cccc(-n2c(=O)[nH]c3cc(N)ccc32)c1C. The molecule has 4 heteroatoms. The maximum absolute atomic E-state index is 12.2. The fourth-order valence-corrected chi connectivity index (χ4v) is 2.35. The van der Waals surface area contributed by atoms with Gasteiger partial charge in [-0.2, -0.15) is 0 Å². The molecule has 2 aromatic carbocycles. The monoisotopic (exact) mass is 253 g/mol. The number of nitrogens with one attached hydrogen (secondary N) is 1. The molecular formula is C15H15N3O. The molecule has 0 unspecified atom stereocenters. The number of nitrogens with two attached hydrogens (primary N) is 1. The van der Waals surface area contributed by atoms with E-state index in [0.29, 0.717) is 5.69 Å². The summed E-state index contributed by atoms with van der Waals surface area (Å²) >= 11 is 0. The number of anilines is 1. The third-order valence-corrected chi connectivity index (χ3v) is 3.52. The van der Waals surface area contributed by atoms with E-state index in [0.717, 1.165) is 27.8 Å². The number of nitrogens with zero attached hydrogens (tertiary/aromatic N) is 1. The van der Waals surface area contributed by atoms with Crippen molar-refractivity contribution < 1.29 is 0 Å². The molecule has 1 aromatic heterocycles. The molecule has 0 aliphatic carbocycles. The fraction of sp³-hybridized carbons (Fsp3) is 0.133. The van der Waals surface area contributed by atoms with Gasteiger partial charge >= 0.3 is 5.69 Å². The van der Waals surface area contributed by atoms with E-state index in [9.17, 15) is 4.79 Å². The van der Waals surface area contributed by atoms with Crippen LogP contribution in [0.2, 0.25) is 0 Å². The molecule has 3 rings (SSSR count). The van der Waals surface area contributed by atoms with Crippen molar-refractivity contribution in [2.45, 2.75) is 13.8 Å². The molecule has 0 fully saturated rings. The van der Waals surface area contributed by atoms with E-state index in [-0.39, 0.29) is 5.69 Å². The van der Waals surface area contributed by atoms with Crippen molar-refractivity contribution in [1.82, 2.24) is 9.55 Å². The van der Waals surface area contributed by atoms with Crippen molar-refractivity contribution >= 4 is 16.7 Å². The third-order valence-electron chi connectivity index (χ3n) is 3.52. The minimum absolute atomic E-state index is 0.144. The van der Waals surface area contributed by atoms with Gasteiger partial charge < -0.3 is 10.7 Å². The molecule has 0 saturated carbocycles. The average molecular weight is 253 g/mol. The number of aromatic amines is 1. The average Bonchev–Trinajstić information content (AvgIpc) is 2.68. The van der Waals surface area contributed by atoms with E-state index >= 15 is 0 Å². The largest absolute Gasteiger partial charge is 0.399 e. The van der Waals surface area contributed by atoms with Gasteiger partial charge in [-0.1, -0.05) is 12.1 Å². The standard InChI is InChI=1S/C15H15N3O/c1-9-4-3-5-13(10(9)2)18-14-7-6-11(16)8-12(14)17-15(18)19/h3-8H,16H2,1-2H3,(H,17,19). The summed E-state index contributed by atoms with van der Waals surface area (Å²) in [4.78, 5) is 15.0. The number of fused-ring (bicyclic) bond motifs is 1. The Bertz CT molecular complexity index is 827. The zero-order valence-corrected chi connectivity index (χ0v) is 10.9. The zero-order valence-electron chi connectivity index (χ0n) is 10.9. The van der Waals surface area contributed by atoms with Crippen LogP contribution in [0, 0.1) is 13.8 Å². The maximum Gasteiger partial charge on any atom is 0.331 e. The van der Waals surface area contributed by atoms with E-state index < -0.39 is 0 Å². The molecule has 0 radical (unpaired) electrons. The first kappa shape index (κ1) is 11.6. The second kappa shape index (κ2) is 4.02. The molecule has 0 spiro atoms. The van der Waals surface area contributed by atoms with Crippen molar-refractivity contribution in [3.8, 4) is 5.69 Å². The smallest absolute Gasteiger partial charge is 0.331 e. The summed E-state index contributed by atoms with van der Waals surface area (Å²) in [6.07, 6.45) is 0. The summed E-state index contributed by atoms with van der Waals surface area (Å²) < 4.78 is 1.69. The van der Waals surface area contributed by atoms with Crippen LogP contribution in [-0.2, 0) is 0 Å². The van der Waals surface area contributed by atoms with Gasteiger partial charge in [0.05, 0.1) is 16.7 Å². The normalized spacial score (nSPS) is 11.1. The first-order valence-electron chi connectivity index (χ1n) is 6.15. The first-order valence-corrected chi connectivity index (χ1v) is 6.15. The van der Waals surface area contributed by atoms with Crippen LogP contribution >= 0.6 is 0 Å². The lowest BCUT2D eigenvalue weighted by molar-refractivity contribution is 0.999. The summed E-state index contributed by atoms with van der Waals surface area (Å²) in [5.41, 5.74) is 11.0. The predicted molar refractivity (Wildman–Crippen MR) is 77.8 cm³/mol. The lowest BCUT2D eigenvalue weighted by Gasteiger charge is -2.09. The Hall–Kier alpha value is -2.49. The first-order chi connectivity index (χ1) is 9.08. The highest BCUT2D eigenvalue weighted by Gasteiger charge is 2.11. The topological polar surface area (TPSA) is 63.8 Å². The Labute approximate surface area is 110 Å². The molecule has 3 N–H and O–H groups in total. The zero-order chi connectivity index (χ0) is 13.6. The number of rotatable bonds is 1. The molecule has 96 valence electrons. The molecule has 0 amide bonds. The van der Waals surface area contributed by atoms with Crippen LogP contribution < -0.4 is 11.4 Å². The highest BCUT2D eigenvalue weighted by Crippen LogP contribution is 2.21. The van der Waals surface area contributed by atoms with Crippen LogP contribution in [0.15, 0.2) is 41.2 Å². The molecule has 3 aromatic rings. The number of imidazole rings is 1. The van der Waals surface area contributed by atoms with Gasteiger partial charge in [0.2, 0.25) is 0 Å². The summed E-state index contributed by atoms with van der Waals surface area (Å²) in [5, 5.41) is 0. The van der Waals surface area contributed by atoms with Crippen molar-refractivity contribution in [3.05, 3.63) is 58.0 Å². The van der Waals surface area contributed by atoms with Gasteiger partial charge in [0.1, 0.15) is 0 Å². The molecule has 4 nitrogen and oxygen atoms in total. The molecular weight excluding hydrogens is 238 g/mol. The summed E-state index contributed by atoms with van der Waals surface area (Å²) in [6, 6.07) is 11.4. The molecule has 0 saturated heterocycles. The second-order valence-electron chi connectivity index (χ2n) is 4.76.